The Labute approximate surface area is 99.1 Å². The predicted octanol–water partition coefficient (Wildman–Crippen LogP) is 3.17. The highest BCUT2D eigenvalue weighted by Crippen LogP contribution is 2.30. The number of hydrogen-bond donors (Lipinski definition) is 1. The van der Waals surface area contributed by atoms with Crippen LogP contribution in [0.4, 0.5) is 4.39 Å². The van der Waals surface area contributed by atoms with Crippen LogP contribution in [0.2, 0.25) is 0 Å². The molecule has 0 fully saturated rings. The summed E-state index contributed by atoms with van der Waals surface area (Å²) in [5.41, 5.74) is 6.01. The zero-order valence-corrected chi connectivity index (χ0v) is 10.1. The summed E-state index contributed by atoms with van der Waals surface area (Å²) in [6.07, 6.45) is 1.65. The van der Waals surface area contributed by atoms with Gasteiger partial charge in [-0.3, -0.25) is 0 Å². The van der Waals surface area contributed by atoms with Crippen LogP contribution in [0.5, 0.6) is 0 Å². The minimum absolute atomic E-state index is 0.245. The molecule has 0 aliphatic heterocycles. The molecular formula is C10H8BrFN2S. The number of halogens is 2. The minimum atomic E-state index is -0.245. The summed E-state index contributed by atoms with van der Waals surface area (Å²) in [6, 6.07) is 4.84. The molecule has 1 heterocycles. The van der Waals surface area contributed by atoms with Gasteiger partial charge in [-0.2, -0.15) is 0 Å². The summed E-state index contributed by atoms with van der Waals surface area (Å²) in [5, 5.41) is 0.810. The lowest BCUT2D eigenvalue weighted by Crippen LogP contribution is -1.93. The van der Waals surface area contributed by atoms with Crippen molar-refractivity contribution in [2.75, 3.05) is 0 Å². The van der Waals surface area contributed by atoms with Crippen LogP contribution in [-0.2, 0) is 6.54 Å². The Morgan fingerprint density at radius 3 is 2.93 bits per heavy atom. The zero-order chi connectivity index (χ0) is 10.8. The molecule has 15 heavy (non-hydrogen) atoms. The Bertz CT molecular complexity index is 484. The van der Waals surface area contributed by atoms with Crippen LogP contribution in [0.15, 0.2) is 28.9 Å². The lowest BCUT2D eigenvalue weighted by atomic mass is 10.2. The van der Waals surface area contributed by atoms with E-state index >= 15 is 0 Å². The minimum Gasteiger partial charge on any atom is -0.325 e. The largest absolute Gasteiger partial charge is 0.325 e. The van der Waals surface area contributed by atoms with Crippen molar-refractivity contribution in [3.05, 3.63) is 39.7 Å². The van der Waals surface area contributed by atoms with Crippen LogP contribution in [0.3, 0.4) is 0 Å². The van der Waals surface area contributed by atoms with E-state index in [-0.39, 0.29) is 5.82 Å². The van der Waals surface area contributed by atoms with Crippen molar-refractivity contribution >= 4 is 27.3 Å². The van der Waals surface area contributed by atoms with Crippen LogP contribution in [0.25, 0.3) is 10.4 Å². The van der Waals surface area contributed by atoms with Gasteiger partial charge < -0.3 is 5.73 Å². The van der Waals surface area contributed by atoms with E-state index in [9.17, 15) is 4.39 Å². The number of nitrogens with zero attached hydrogens (tertiary/aromatic N) is 1. The summed E-state index contributed by atoms with van der Waals surface area (Å²) in [7, 11) is 0. The maximum absolute atomic E-state index is 13.5. The average molecular weight is 287 g/mol. The fraction of sp³-hybridized carbons (Fsp3) is 0.100. The molecule has 0 atom stereocenters. The highest BCUT2D eigenvalue weighted by molar-refractivity contribution is 9.10. The van der Waals surface area contributed by atoms with Gasteiger partial charge in [0.1, 0.15) is 10.8 Å². The molecule has 1 aromatic heterocycles. The SMILES string of the molecule is NCc1ncc(-c2cc(Br)ccc2F)s1. The first-order chi connectivity index (χ1) is 7.20. The highest BCUT2D eigenvalue weighted by Gasteiger charge is 2.08. The summed E-state index contributed by atoms with van der Waals surface area (Å²) in [6.45, 7) is 0.389. The van der Waals surface area contributed by atoms with Crippen molar-refractivity contribution < 1.29 is 4.39 Å². The molecule has 0 aliphatic carbocycles. The van der Waals surface area contributed by atoms with Gasteiger partial charge in [0.2, 0.25) is 0 Å². The molecule has 0 unspecified atom stereocenters. The summed E-state index contributed by atoms with van der Waals surface area (Å²) in [4.78, 5) is 4.89. The highest BCUT2D eigenvalue weighted by atomic mass is 79.9. The van der Waals surface area contributed by atoms with Crippen LogP contribution in [0.1, 0.15) is 5.01 Å². The molecule has 2 rings (SSSR count). The van der Waals surface area contributed by atoms with Crippen molar-refractivity contribution in [3.8, 4) is 10.4 Å². The van der Waals surface area contributed by atoms with Crippen LogP contribution >= 0.6 is 27.3 Å². The van der Waals surface area contributed by atoms with Crippen molar-refractivity contribution in [3.63, 3.8) is 0 Å². The van der Waals surface area contributed by atoms with E-state index in [0.29, 0.717) is 12.1 Å². The molecule has 0 aliphatic rings. The molecule has 0 saturated carbocycles. The van der Waals surface area contributed by atoms with Crippen molar-refractivity contribution in [1.82, 2.24) is 4.98 Å². The lowest BCUT2D eigenvalue weighted by Gasteiger charge is -1.99. The standard InChI is InChI=1S/C10H8BrFN2S/c11-6-1-2-8(12)7(3-6)9-5-14-10(4-13)15-9/h1-3,5H,4,13H2. The molecular weight excluding hydrogens is 279 g/mol. The maximum Gasteiger partial charge on any atom is 0.131 e. The average Bonchev–Trinajstić information content (AvgIpc) is 2.70. The lowest BCUT2D eigenvalue weighted by molar-refractivity contribution is 0.631. The predicted molar refractivity (Wildman–Crippen MR) is 63.1 cm³/mol. The number of benzene rings is 1. The quantitative estimate of drug-likeness (QED) is 0.921. The molecule has 0 spiro atoms. The monoisotopic (exact) mass is 286 g/mol. The van der Waals surface area contributed by atoms with E-state index < -0.39 is 0 Å². The van der Waals surface area contributed by atoms with E-state index in [0.717, 1.165) is 14.4 Å². The van der Waals surface area contributed by atoms with Gasteiger partial charge in [0.25, 0.3) is 0 Å². The van der Waals surface area contributed by atoms with Crippen LogP contribution in [0, 0.1) is 5.82 Å². The first kappa shape index (κ1) is 10.7. The molecule has 0 bridgehead atoms. The van der Waals surface area contributed by atoms with Crippen LogP contribution < -0.4 is 5.73 Å². The smallest absolute Gasteiger partial charge is 0.131 e. The van der Waals surface area contributed by atoms with Gasteiger partial charge in [-0.15, -0.1) is 11.3 Å². The van der Waals surface area contributed by atoms with Gasteiger partial charge in [-0.05, 0) is 18.2 Å². The molecule has 2 nitrogen and oxygen atoms in total. The molecule has 2 N–H and O–H groups in total. The Balaban J connectivity index is 2.48. The van der Waals surface area contributed by atoms with E-state index in [1.165, 1.54) is 17.4 Å². The Kier molecular flexibility index (Phi) is 3.14. The van der Waals surface area contributed by atoms with Crippen molar-refractivity contribution in [1.29, 1.82) is 0 Å². The van der Waals surface area contributed by atoms with Gasteiger partial charge in [0.15, 0.2) is 0 Å². The number of thiazole rings is 1. The fourth-order valence-electron chi connectivity index (χ4n) is 1.22. The first-order valence-corrected chi connectivity index (χ1v) is 5.92. The fourth-order valence-corrected chi connectivity index (χ4v) is 2.39. The third-order valence-electron chi connectivity index (χ3n) is 1.92. The second kappa shape index (κ2) is 4.38. The number of hydrogen-bond acceptors (Lipinski definition) is 3. The Morgan fingerprint density at radius 2 is 2.27 bits per heavy atom. The summed E-state index contributed by atoms with van der Waals surface area (Å²) < 4.78 is 14.3. The molecule has 0 saturated heterocycles. The summed E-state index contributed by atoms with van der Waals surface area (Å²) >= 11 is 4.72. The second-order valence-corrected chi connectivity index (χ2v) is 4.98. The second-order valence-electron chi connectivity index (χ2n) is 2.95. The summed E-state index contributed by atoms with van der Waals surface area (Å²) in [5.74, 6) is -0.245. The maximum atomic E-state index is 13.5. The van der Waals surface area contributed by atoms with Gasteiger partial charge in [0, 0.05) is 22.8 Å². The topological polar surface area (TPSA) is 38.9 Å². The third-order valence-corrected chi connectivity index (χ3v) is 3.47. The molecule has 0 radical (unpaired) electrons. The first-order valence-electron chi connectivity index (χ1n) is 4.31. The van der Waals surface area contributed by atoms with Crippen molar-refractivity contribution in [2.45, 2.75) is 6.54 Å². The Hall–Kier alpha value is -0.780. The van der Waals surface area contributed by atoms with E-state index in [1.807, 2.05) is 0 Å². The van der Waals surface area contributed by atoms with Gasteiger partial charge in [-0.1, -0.05) is 15.9 Å². The van der Waals surface area contributed by atoms with E-state index in [4.69, 9.17) is 5.73 Å². The van der Waals surface area contributed by atoms with Gasteiger partial charge in [0.05, 0.1) is 4.88 Å². The number of aromatic nitrogens is 1. The zero-order valence-electron chi connectivity index (χ0n) is 7.71. The van der Waals surface area contributed by atoms with Gasteiger partial charge >= 0.3 is 0 Å². The van der Waals surface area contributed by atoms with Gasteiger partial charge in [-0.25, -0.2) is 9.37 Å². The van der Waals surface area contributed by atoms with Crippen LogP contribution in [-0.4, -0.2) is 4.98 Å². The molecule has 78 valence electrons. The third kappa shape index (κ3) is 2.25. The number of rotatable bonds is 2. The molecule has 2 aromatic rings. The molecule has 5 heteroatoms. The normalized spacial score (nSPS) is 10.6. The Morgan fingerprint density at radius 1 is 1.47 bits per heavy atom. The molecule has 0 amide bonds. The molecule has 1 aromatic carbocycles. The van der Waals surface area contributed by atoms with E-state index in [2.05, 4.69) is 20.9 Å². The van der Waals surface area contributed by atoms with E-state index in [1.54, 1.807) is 18.3 Å². The van der Waals surface area contributed by atoms with Crippen molar-refractivity contribution in [2.24, 2.45) is 5.73 Å². The number of nitrogens with two attached hydrogens (primary N) is 1.